The third kappa shape index (κ3) is 1.12. The Morgan fingerprint density at radius 2 is 2.13 bits per heavy atom. The van der Waals surface area contributed by atoms with Gasteiger partial charge in [0.2, 0.25) is 0 Å². The van der Waals surface area contributed by atoms with Crippen LogP contribution < -0.4 is 0 Å². The van der Waals surface area contributed by atoms with Gasteiger partial charge in [0, 0.05) is 11.3 Å². The maximum atomic E-state index is 12.2. The molecular formula is C12H19NO2. The molecule has 0 aromatic rings. The highest BCUT2D eigenvalue weighted by atomic mass is 16.6. The van der Waals surface area contributed by atoms with Gasteiger partial charge in [-0.05, 0) is 25.2 Å². The van der Waals surface area contributed by atoms with Crippen molar-refractivity contribution in [2.75, 3.05) is 6.61 Å². The van der Waals surface area contributed by atoms with Gasteiger partial charge < -0.3 is 4.84 Å². The number of ketones is 1. The SMILES string of the molecule is CCO/N=C1/C(=O)C2(C)CCC1C2(C)C. The molecule has 2 unspecified atom stereocenters. The molecule has 0 amide bonds. The van der Waals surface area contributed by atoms with Crippen molar-refractivity contribution in [2.45, 2.75) is 40.5 Å². The molecule has 3 heteroatoms. The summed E-state index contributed by atoms with van der Waals surface area (Å²) in [6.45, 7) is 8.84. The van der Waals surface area contributed by atoms with E-state index in [1.807, 2.05) is 6.92 Å². The van der Waals surface area contributed by atoms with Crippen LogP contribution in [0.4, 0.5) is 0 Å². The van der Waals surface area contributed by atoms with Crippen molar-refractivity contribution < 1.29 is 9.63 Å². The highest BCUT2D eigenvalue weighted by Gasteiger charge is 2.65. The normalized spacial score (nSPS) is 40.1. The monoisotopic (exact) mass is 209 g/mol. The van der Waals surface area contributed by atoms with Crippen molar-refractivity contribution in [2.24, 2.45) is 21.9 Å². The maximum Gasteiger partial charge on any atom is 0.187 e. The maximum absolute atomic E-state index is 12.2. The third-order valence-corrected chi connectivity index (χ3v) is 4.58. The molecule has 2 bridgehead atoms. The second kappa shape index (κ2) is 3.06. The third-order valence-electron chi connectivity index (χ3n) is 4.58. The molecule has 2 rings (SSSR count). The molecule has 2 atom stereocenters. The van der Waals surface area contributed by atoms with Crippen LogP contribution in [-0.2, 0) is 9.63 Å². The molecule has 2 fully saturated rings. The molecule has 0 heterocycles. The number of carbonyl (C=O) groups excluding carboxylic acids is 1. The van der Waals surface area contributed by atoms with Crippen molar-refractivity contribution >= 4 is 11.5 Å². The lowest BCUT2D eigenvalue weighted by molar-refractivity contribution is -0.123. The first-order valence-corrected chi connectivity index (χ1v) is 5.70. The molecule has 0 aliphatic heterocycles. The van der Waals surface area contributed by atoms with Crippen LogP contribution in [0.15, 0.2) is 5.16 Å². The minimum absolute atomic E-state index is 0.0417. The summed E-state index contributed by atoms with van der Waals surface area (Å²) in [4.78, 5) is 17.2. The Balaban J connectivity index is 2.38. The number of fused-ring (bicyclic) bond motifs is 2. The van der Waals surface area contributed by atoms with Gasteiger partial charge in [0.05, 0.1) is 0 Å². The molecule has 2 saturated carbocycles. The zero-order valence-electron chi connectivity index (χ0n) is 9.96. The van der Waals surface area contributed by atoms with E-state index in [4.69, 9.17) is 4.84 Å². The Morgan fingerprint density at radius 1 is 1.47 bits per heavy atom. The minimum atomic E-state index is -0.215. The van der Waals surface area contributed by atoms with Gasteiger partial charge in [0.25, 0.3) is 0 Å². The first-order valence-electron chi connectivity index (χ1n) is 5.70. The highest BCUT2D eigenvalue weighted by Crippen LogP contribution is 2.62. The van der Waals surface area contributed by atoms with Crippen molar-refractivity contribution in [3.05, 3.63) is 0 Å². The van der Waals surface area contributed by atoms with E-state index in [9.17, 15) is 4.79 Å². The van der Waals surface area contributed by atoms with Gasteiger partial charge in [-0.15, -0.1) is 0 Å². The molecule has 15 heavy (non-hydrogen) atoms. The Labute approximate surface area is 90.9 Å². The fourth-order valence-electron chi connectivity index (χ4n) is 3.07. The van der Waals surface area contributed by atoms with Crippen molar-refractivity contribution in [1.29, 1.82) is 0 Å². The molecule has 0 aromatic heterocycles. The molecule has 2 aliphatic carbocycles. The molecule has 0 radical (unpaired) electrons. The summed E-state index contributed by atoms with van der Waals surface area (Å²) < 4.78 is 0. The second-order valence-corrected chi connectivity index (χ2v) is 5.37. The molecule has 2 aliphatic rings. The van der Waals surface area contributed by atoms with Gasteiger partial charge >= 0.3 is 0 Å². The number of nitrogens with zero attached hydrogens (tertiary/aromatic N) is 1. The predicted octanol–water partition coefficient (Wildman–Crippen LogP) is 2.40. The lowest BCUT2D eigenvalue weighted by Crippen LogP contribution is -2.33. The largest absolute Gasteiger partial charge is 0.396 e. The van der Waals surface area contributed by atoms with Crippen molar-refractivity contribution in [3.8, 4) is 0 Å². The first kappa shape index (κ1) is 10.7. The smallest absolute Gasteiger partial charge is 0.187 e. The molecule has 3 nitrogen and oxygen atoms in total. The van der Waals surface area contributed by atoms with E-state index in [0.717, 1.165) is 12.8 Å². The summed E-state index contributed by atoms with van der Waals surface area (Å²) in [5.74, 6) is 0.499. The summed E-state index contributed by atoms with van der Waals surface area (Å²) in [5.41, 5.74) is 0.503. The summed E-state index contributed by atoms with van der Waals surface area (Å²) in [7, 11) is 0. The van der Waals surface area contributed by atoms with E-state index in [1.165, 1.54) is 0 Å². The van der Waals surface area contributed by atoms with Gasteiger partial charge in [-0.3, -0.25) is 4.79 Å². The molecule has 84 valence electrons. The zero-order chi connectivity index (χ0) is 11.3. The van der Waals surface area contributed by atoms with Crippen LogP contribution in [0.5, 0.6) is 0 Å². The van der Waals surface area contributed by atoms with Crippen LogP contribution in [0.1, 0.15) is 40.5 Å². The van der Waals surface area contributed by atoms with Crippen LogP contribution >= 0.6 is 0 Å². The van der Waals surface area contributed by atoms with Gasteiger partial charge in [0.1, 0.15) is 12.3 Å². The average molecular weight is 209 g/mol. The first-order chi connectivity index (χ1) is 6.95. The fourth-order valence-corrected chi connectivity index (χ4v) is 3.07. The van der Waals surface area contributed by atoms with Crippen molar-refractivity contribution in [3.63, 3.8) is 0 Å². The number of rotatable bonds is 2. The molecule has 0 aromatic carbocycles. The lowest BCUT2D eigenvalue weighted by atomic mass is 9.70. The summed E-state index contributed by atoms with van der Waals surface area (Å²) >= 11 is 0. The Bertz CT molecular complexity index is 333. The van der Waals surface area contributed by atoms with Gasteiger partial charge in [-0.25, -0.2) is 0 Å². The van der Waals surface area contributed by atoms with Gasteiger partial charge in [-0.1, -0.05) is 25.9 Å². The van der Waals surface area contributed by atoms with Crippen LogP contribution in [-0.4, -0.2) is 18.1 Å². The number of oxime groups is 1. The van der Waals surface area contributed by atoms with Gasteiger partial charge in [-0.2, -0.15) is 0 Å². The van der Waals surface area contributed by atoms with Crippen LogP contribution in [0, 0.1) is 16.7 Å². The lowest BCUT2D eigenvalue weighted by Gasteiger charge is -2.31. The number of carbonyl (C=O) groups is 1. The van der Waals surface area contributed by atoms with E-state index in [1.54, 1.807) is 0 Å². The van der Waals surface area contributed by atoms with Crippen LogP contribution in [0.3, 0.4) is 0 Å². The standard InChI is InChI=1S/C12H19NO2/c1-5-15-13-9-8-6-7-12(4,10(9)14)11(8,2)3/h8H,5-7H2,1-4H3/b13-9+. The fraction of sp³-hybridized carbons (Fsp3) is 0.833. The van der Waals surface area contributed by atoms with E-state index in [0.29, 0.717) is 18.2 Å². The summed E-state index contributed by atoms with van der Waals surface area (Å²) in [6.07, 6.45) is 2.07. The zero-order valence-corrected chi connectivity index (χ0v) is 9.96. The van der Waals surface area contributed by atoms with Crippen LogP contribution in [0.25, 0.3) is 0 Å². The number of Topliss-reactive ketones (excluding diaryl/α,β-unsaturated/α-hetero) is 1. The van der Waals surface area contributed by atoms with Gasteiger partial charge in [0.15, 0.2) is 5.78 Å². The summed E-state index contributed by atoms with van der Waals surface area (Å²) in [5, 5.41) is 4.01. The van der Waals surface area contributed by atoms with E-state index in [2.05, 4.69) is 25.9 Å². The molecule has 0 N–H and O–H groups in total. The molecule has 0 saturated heterocycles. The Morgan fingerprint density at radius 3 is 2.60 bits per heavy atom. The number of hydrogen-bond acceptors (Lipinski definition) is 3. The van der Waals surface area contributed by atoms with E-state index >= 15 is 0 Å². The van der Waals surface area contributed by atoms with Crippen LogP contribution in [0.2, 0.25) is 0 Å². The van der Waals surface area contributed by atoms with E-state index in [-0.39, 0.29) is 16.6 Å². The highest BCUT2D eigenvalue weighted by molar-refractivity contribution is 6.45. The molecular weight excluding hydrogens is 190 g/mol. The van der Waals surface area contributed by atoms with Crippen molar-refractivity contribution in [1.82, 2.24) is 0 Å². The van der Waals surface area contributed by atoms with E-state index < -0.39 is 0 Å². The number of hydrogen-bond donors (Lipinski definition) is 0. The second-order valence-electron chi connectivity index (χ2n) is 5.37. The topological polar surface area (TPSA) is 38.7 Å². The Kier molecular flexibility index (Phi) is 2.18. The average Bonchev–Trinajstić information content (AvgIpc) is 2.48. The Hall–Kier alpha value is -0.860. The molecule has 0 spiro atoms. The predicted molar refractivity (Wildman–Crippen MR) is 58.7 cm³/mol. The summed E-state index contributed by atoms with van der Waals surface area (Å²) in [6, 6.07) is 0. The quantitative estimate of drug-likeness (QED) is 0.655. The minimum Gasteiger partial charge on any atom is -0.396 e.